The maximum absolute atomic E-state index is 12.2. The summed E-state index contributed by atoms with van der Waals surface area (Å²) in [5, 5.41) is 2.90. The Morgan fingerprint density at radius 3 is 2.48 bits per heavy atom. The Bertz CT molecular complexity index is 710. The molecular weight excluding hydrogens is 342 g/mol. The predicted octanol–water partition coefficient (Wildman–Crippen LogP) is 4.01. The van der Waals surface area contributed by atoms with Crippen molar-refractivity contribution in [2.24, 2.45) is 0 Å². The van der Waals surface area contributed by atoms with E-state index in [-0.39, 0.29) is 11.9 Å². The average molecular weight is 373 g/mol. The number of hydrogen-bond acceptors (Lipinski definition) is 5. The Balaban J connectivity index is 2.00. The number of ether oxygens (including phenoxy) is 1. The van der Waals surface area contributed by atoms with E-state index in [1.54, 1.807) is 0 Å². The number of carbonyl (C=O) groups is 1. The number of carbonyl (C=O) groups excluding carboxylic acids is 1. The van der Waals surface area contributed by atoms with Crippen LogP contribution in [0.25, 0.3) is 0 Å². The Hall–Kier alpha value is -2.34. The van der Waals surface area contributed by atoms with Crippen LogP contribution in [-0.4, -0.2) is 34.5 Å². The molecule has 0 saturated carbocycles. The van der Waals surface area contributed by atoms with Gasteiger partial charge in [-0.2, -0.15) is 0 Å². The van der Waals surface area contributed by atoms with Crippen molar-refractivity contribution in [3.05, 3.63) is 47.7 Å². The van der Waals surface area contributed by atoms with Crippen molar-refractivity contribution in [2.75, 3.05) is 6.61 Å². The van der Waals surface area contributed by atoms with Gasteiger partial charge in [0.2, 0.25) is 5.89 Å². The highest BCUT2D eigenvalue weighted by Gasteiger charge is 2.18. The van der Waals surface area contributed by atoms with E-state index in [0.29, 0.717) is 30.8 Å². The molecule has 2 aromatic rings. The summed E-state index contributed by atoms with van der Waals surface area (Å²) in [4.78, 5) is 18.8. The van der Waals surface area contributed by atoms with E-state index in [1.165, 1.54) is 11.8 Å². The summed E-state index contributed by atoms with van der Waals surface area (Å²) in [6, 6.07) is 8.53. The molecule has 6 heteroatoms. The second kappa shape index (κ2) is 10.1. The minimum atomic E-state index is -0.193. The van der Waals surface area contributed by atoms with E-state index in [9.17, 15) is 4.79 Å². The van der Waals surface area contributed by atoms with Crippen molar-refractivity contribution in [3.63, 3.8) is 0 Å². The number of nitrogens with zero attached hydrogens (tertiary/aromatic N) is 2. The lowest BCUT2D eigenvalue weighted by atomic mass is 10.2. The third-order valence-corrected chi connectivity index (χ3v) is 4.46. The Labute approximate surface area is 161 Å². The molecule has 1 amide bonds. The van der Waals surface area contributed by atoms with E-state index < -0.39 is 0 Å². The van der Waals surface area contributed by atoms with Crippen LogP contribution in [0.1, 0.15) is 63.0 Å². The van der Waals surface area contributed by atoms with Gasteiger partial charge in [-0.25, -0.2) is 4.98 Å². The van der Waals surface area contributed by atoms with E-state index in [4.69, 9.17) is 9.15 Å². The molecule has 0 aliphatic rings. The minimum absolute atomic E-state index is 0.115. The molecule has 0 spiro atoms. The van der Waals surface area contributed by atoms with Gasteiger partial charge in [0.15, 0.2) is 5.69 Å². The highest BCUT2D eigenvalue weighted by molar-refractivity contribution is 5.92. The molecule has 0 bridgehead atoms. The van der Waals surface area contributed by atoms with Crippen LogP contribution < -0.4 is 10.1 Å². The van der Waals surface area contributed by atoms with Crippen molar-refractivity contribution in [3.8, 4) is 5.75 Å². The Morgan fingerprint density at radius 1 is 1.19 bits per heavy atom. The van der Waals surface area contributed by atoms with Crippen LogP contribution in [0.4, 0.5) is 0 Å². The van der Waals surface area contributed by atoms with Crippen LogP contribution in [0.2, 0.25) is 0 Å². The maximum atomic E-state index is 12.2. The summed E-state index contributed by atoms with van der Waals surface area (Å²) >= 11 is 0. The Morgan fingerprint density at radius 2 is 1.89 bits per heavy atom. The van der Waals surface area contributed by atoms with E-state index >= 15 is 0 Å². The zero-order valence-corrected chi connectivity index (χ0v) is 17.0. The molecular formula is C21H31N3O3. The van der Waals surface area contributed by atoms with E-state index in [2.05, 4.69) is 41.2 Å². The van der Waals surface area contributed by atoms with E-state index in [0.717, 1.165) is 18.7 Å². The lowest BCUT2D eigenvalue weighted by Gasteiger charge is -2.25. The molecule has 1 N–H and O–H groups in total. The lowest BCUT2D eigenvalue weighted by Crippen LogP contribution is -2.32. The second-order valence-corrected chi connectivity index (χ2v) is 6.98. The molecule has 2 rings (SSSR count). The monoisotopic (exact) mass is 373 g/mol. The molecule has 1 aromatic carbocycles. The summed E-state index contributed by atoms with van der Waals surface area (Å²) in [6.45, 7) is 12.2. The number of amides is 1. The third-order valence-electron chi connectivity index (χ3n) is 4.46. The Kier molecular flexibility index (Phi) is 7.85. The van der Waals surface area contributed by atoms with Crippen molar-refractivity contribution in [1.82, 2.24) is 15.2 Å². The SMILES string of the molecule is CCOc1ccc(CN(Cc2nc(C(=O)NC(C)CC)co2)C(C)C)cc1. The molecule has 6 nitrogen and oxygen atoms in total. The largest absolute Gasteiger partial charge is 0.494 e. The summed E-state index contributed by atoms with van der Waals surface area (Å²) in [5.41, 5.74) is 1.52. The molecule has 0 saturated heterocycles. The van der Waals surface area contributed by atoms with Crippen LogP contribution in [0.5, 0.6) is 5.75 Å². The van der Waals surface area contributed by atoms with Gasteiger partial charge in [-0.3, -0.25) is 9.69 Å². The predicted molar refractivity (Wildman–Crippen MR) is 106 cm³/mol. The zero-order valence-electron chi connectivity index (χ0n) is 17.0. The molecule has 0 radical (unpaired) electrons. The third kappa shape index (κ3) is 6.40. The molecule has 0 fully saturated rings. The summed E-state index contributed by atoms with van der Waals surface area (Å²) < 4.78 is 11.0. The number of aromatic nitrogens is 1. The van der Waals surface area contributed by atoms with Crippen molar-refractivity contribution < 1.29 is 13.9 Å². The fourth-order valence-electron chi connectivity index (χ4n) is 2.57. The normalized spacial score (nSPS) is 12.4. The number of rotatable bonds is 10. The first-order valence-electron chi connectivity index (χ1n) is 9.63. The fourth-order valence-corrected chi connectivity index (χ4v) is 2.57. The second-order valence-electron chi connectivity index (χ2n) is 6.98. The van der Waals surface area contributed by atoms with Crippen molar-refractivity contribution >= 4 is 5.91 Å². The van der Waals surface area contributed by atoms with E-state index in [1.807, 2.05) is 32.9 Å². The van der Waals surface area contributed by atoms with Gasteiger partial charge >= 0.3 is 0 Å². The van der Waals surface area contributed by atoms with Gasteiger partial charge in [0.25, 0.3) is 5.91 Å². The van der Waals surface area contributed by atoms with Crippen molar-refractivity contribution in [1.29, 1.82) is 0 Å². The number of benzene rings is 1. The van der Waals surface area contributed by atoms with Crippen LogP contribution in [0.15, 0.2) is 34.9 Å². The molecule has 148 valence electrons. The molecule has 1 unspecified atom stereocenters. The summed E-state index contributed by atoms with van der Waals surface area (Å²) in [6.07, 6.45) is 2.31. The first-order valence-corrected chi connectivity index (χ1v) is 9.63. The number of oxazole rings is 1. The first kappa shape index (κ1) is 21.0. The van der Waals surface area contributed by atoms with Gasteiger partial charge in [0.05, 0.1) is 13.2 Å². The van der Waals surface area contributed by atoms with Crippen LogP contribution in [0, 0.1) is 0 Å². The van der Waals surface area contributed by atoms with Crippen LogP contribution in [-0.2, 0) is 13.1 Å². The standard InChI is InChI=1S/C21H31N3O3/c1-6-16(5)22-21(25)19-14-27-20(23-19)13-24(15(3)4)12-17-8-10-18(11-9-17)26-7-2/h8-11,14-16H,6-7,12-13H2,1-5H3,(H,22,25). The summed E-state index contributed by atoms with van der Waals surface area (Å²) in [5.74, 6) is 1.23. The smallest absolute Gasteiger partial charge is 0.273 e. The summed E-state index contributed by atoms with van der Waals surface area (Å²) in [7, 11) is 0. The van der Waals surface area contributed by atoms with Crippen LogP contribution in [0.3, 0.4) is 0 Å². The topological polar surface area (TPSA) is 67.6 Å². The molecule has 1 aromatic heterocycles. The van der Waals surface area contributed by atoms with Gasteiger partial charge in [0.1, 0.15) is 12.0 Å². The highest BCUT2D eigenvalue weighted by Crippen LogP contribution is 2.17. The van der Waals surface area contributed by atoms with Gasteiger partial charge in [-0.15, -0.1) is 0 Å². The quantitative estimate of drug-likeness (QED) is 0.681. The van der Waals surface area contributed by atoms with Gasteiger partial charge in [-0.05, 0) is 51.8 Å². The first-order chi connectivity index (χ1) is 12.9. The van der Waals surface area contributed by atoms with Gasteiger partial charge in [-0.1, -0.05) is 19.1 Å². The molecule has 27 heavy (non-hydrogen) atoms. The number of hydrogen-bond donors (Lipinski definition) is 1. The lowest BCUT2D eigenvalue weighted by molar-refractivity contribution is 0.0934. The molecule has 0 aliphatic heterocycles. The average Bonchev–Trinajstić information content (AvgIpc) is 3.11. The minimum Gasteiger partial charge on any atom is -0.494 e. The van der Waals surface area contributed by atoms with Gasteiger partial charge in [0, 0.05) is 18.6 Å². The van der Waals surface area contributed by atoms with Crippen LogP contribution >= 0.6 is 0 Å². The fraction of sp³-hybridized carbons (Fsp3) is 0.524. The molecule has 0 aliphatic carbocycles. The van der Waals surface area contributed by atoms with Gasteiger partial charge < -0.3 is 14.5 Å². The number of nitrogens with one attached hydrogen (secondary N) is 1. The highest BCUT2D eigenvalue weighted by atomic mass is 16.5. The zero-order chi connectivity index (χ0) is 19.8. The maximum Gasteiger partial charge on any atom is 0.273 e. The molecule has 1 atom stereocenters. The van der Waals surface area contributed by atoms with Crippen molar-refractivity contribution in [2.45, 2.75) is 66.2 Å². The molecule has 1 heterocycles.